The molecule has 0 unspecified atom stereocenters. The standard InChI is InChI=1S/C17H22N4O.ClH/c22-17(12-14-6-9-18-10-7-14)20-16-4-2-15(3-5-16)13-21-11-1-8-19-21;/h1-5,8,11,14,18H,6-7,9-10,12-13H2,(H,20,22);1H. The van der Waals surface area contributed by atoms with E-state index in [0.29, 0.717) is 12.3 Å². The second-order valence-corrected chi connectivity index (χ2v) is 5.85. The predicted octanol–water partition coefficient (Wildman–Crippen LogP) is 2.68. The summed E-state index contributed by atoms with van der Waals surface area (Å²) in [5, 5.41) is 10.5. The van der Waals surface area contributed by atoms with E-state index in [4.69, 9.17) is 0 Å². The van der Waals surface area contributed by atoms with Crippen LogP contribution in [-0.2, 0) is 11.3 Å². The van der Waals surface area contributed by atoms with Crippen LogP contribution in [0.3, 0.4) is 0 Å². The molecule has 124 valence electrons. The van der Waals surface area contributed by atoms with E-state index >= 15 is 0 Å². The number of carbonyl (C=O) groups is 1. The first-order valence-electron chi connectivity index (χ1n) is 7.86. The summed E-state index contributed by atoms with van der Waals surface area (Å²) in [6.07, 6.45) is 6.52. The second-order valence-electron chi connectivity index (χ2n) is 5.85. The Morgan fingerprint density at radius 1 is 1.26 bits per heavy atom. The normalized spacial score (nSPS) is 15.0. The van der Waals surface area contributed by atoms with Crippen LogP contribution in [0.2, 0.25) is 0 Å². The maximum absolute atomic E-state index is 12.1. The molecular weight excluding hydrogens is 312 g/mol. The summed E-state index contributed by atoms with van der Waals surface area (Å²) in [4.78, 5) is 12.1. The van der Waals surface area contributed by atoms with Gasteiger partial charge in [-0.3, -0.25) is 9.48 Å². The van der Waals surface area contributed by atoms with Crippen LogP contribution in [0.15, 0.2) is 42.7 Å². The molecule has 1 saturated heterocycles. The van der Waals surface area contributed by atoms with Crippen LogP contribution in [0, 0.1) is 5.92 Å². The fourth-order valence-electron chi connectivity index (χ4n) is 2.83. The van der Waals surface area contributed by atoms with Crippen molar-refractivity contribution in [2.75, 3.05) is 18.4 Å². The van der Waals surface area contributed by atoms with Gasteiger partial charge >= 0.3 is 0 Å². The molecule has 0 saturated carbocycles. The topological polar surface area (TPSA) is 59.0 Å². The molecule has 6 heteroatoms. The summed E-state index contributed by atoms with van der Waals surface area (Å²) in [5.41, 5.74) is 2.03. The molecule has 2 heterocycles. The predicted molar refractivity (Wildman–Crippen MR) is 93.9 cm³/mol. The Kier molecular flexibility index (Phi) is 6.62. The van der Waals surface area contributed by atoms with Crippen molar-refractivity contribution in [3.63, 3.8) is 0 Å². The van der Waals surface area contributed by atoms with Crippen LogP contribution >= 0.6 is 12.4 Å². The van der Waals surface area contributed by atoms with Gasteiger partial charge in [-0.15, -0.1) is 12.4 Å². The highest BCUT2D eigenvalue weighted by atomic mass is 35.5. The number of hydrogen-bond acceptors (Lipinski definition) is 3. The Labute approximate surface area is 142 Å². The van der Waals surface area contributed by atoms with Crippen molar-refractivity contribution >= 4 is 24.0 Å². The van der Waals surface area contributed by atoms with Crippen molar-refractivity contribution in [1.82, 2.24) is 15.1 Å². The van der Waals surface area contributed by atoms with Gasteiger partial charge in [0.2, 0.25) is 5.91 Å². The Bertz CT molecular complexity index is 592. The summed E-state index contributed by atoms with van der Waals surface area (Å²) in [6, 6.07) is 9.89. The molecule has 1 aliphatic rings. The molecule has 1 aliphatic heterocycles. The number of nitrogens with one attached hydrogen (secondary N) is 2. The van der Waals surface area contributed by atoms with Crippen LogP contribution in [0.5, 0.6) is 0 Å². The van der Waals surface area contributed by atoms with Crippen molar-refractivity contribution in [3.8, 4) is 0 Å². The number of amides is 1. The summed E-state index contributed by atoms with van der Waals surface area (Å²) < 4.78 is 1.88. The number of anilines is 1. The molecule has 0 atom stereocenters. The van der Waals surface area contributed by atoms with Gasteiger partial charge in [0.15, 0.2) is 0 Å². The quantitative estimate of drug-likeness (QED) is 0.883. The average Bonchev–Trinajstić information content (AvgIpc) is 3.03. The maximum Gasteiger partial charge on any atom is 0.224 e. The summed E-state index contributed by atoms with van der Waals surface area (Å²) >= 11 is 0. The molecule has 23 heavy (non-hydrogen) atoms. The van der Waals surface area contributed by atoms with Gasteiger partial charge in [-0.25, -0.2) is 0 Å². The number of carbonyl (C=O) groups excluding carboxylic acids is 1. The third-order valence-electron chi connectivity index (χ3n) is 4.07. The second kappa shape index (κ2) is 8.70. The highest BCUT2D eigenvalue weighted by Crippen LogP contribution is 2.17. The molecule has 1 fully saturated rings. The number of rotatable bonds is 5. The molecule has 2 aromatic rings. The lowest BCUT2D eigenvalue weighted by Gasteiger charge is -2.21. The highest BCUT2D eigenvalue weighted by molar-refractivity contribution is 5.90. The fraction of sp³-hybridized carbons (Fsp3) is 0.412. The molecule has 1 amide bonds. The van der Waals surface area contributed by atoms with Crippen LogP contribution < -0.4 is 10.6 Å². The molecule has 3 rings (SSSR count). The largest absolute Gasteiger partial charge is 0.326 e. The third-order valence-corrected chi connectivity index (χ3v) is 4.07. The van der Waals surface area contributed by atoms with Gasteiger partial charge in [-0.05, 0) is 55.6 Å². The number of benzene rings is 1. The van der Waals surface area contributed by atoms with Gasteiger partial charge < -0.3 is 10.6 Å². The minimum Gasteiger partial charge on any atom is -0.326 e. The molecule has 0 spiro atoms. The van der Waals surface area contributed by atoms with Crippen molar-refractivity contribution in [2.45, 2.75) is 25.8 Å². The van der Waals surface area contributed by atoms with Crippen LogP contribution in [0.1, 0.15) is 24.8 Å². The first kappa shape index (κ1) is 17.5. The molecule has 0 radical (unpaired) electrons. The minimum absolute atomic E-state index is 0. The van der Waals surface area contributed by atoms with Crippen molar-refractivity contribution in [3.05, 3.63) is 48.3 Å². The first-order valence-corrected chi connectivity index (χ1v) is 7.86. The zero-order valence-electron chi connectivity index (χ0n) is 13.1. The maximum atomic E-state index is 12.1. The Morgan fingerprint density at radius 2 is 2.00 bits per heavy atom. The first-order chi connectivity index (χ1) is 10.8. The number of hydrogen-bond donors (Lipinski definition) is 2. The smallest absolute Gasteiger partial charge is 0.224 e. The number of piperidine rings is 1. The molecular formula is C17H23ClN4O. The van der Waals surface area contributed by atoms with Gasteiger partial charge in [-0.1, -0.05) is 12.1 Å². The zero-order valence-corrected chi connectivity index (χ0v) is 13.9. The zero-order chi connectivity index (χ0) is 15.2. The van der Waals surface area contributed by atoms with Gasteiger partial charge in [0.1, 0.15) is 0 Å². The molecule has 1 aromatic carbocycles. The van der Waals surface area contributed by atoms with E-state index in [1.165, 1.54) is 5.56 Å². The molecule has 0 aliphatic carbocycles. The van der Waals surface area contributed by atoms with E-state index in [-0.39, 0.29) is 18.3 Å². The van der Waals surface area contributed by atoms with Crippen molar-refractivity contribution in [1.29, 1.82) is 0 Å². The van der Waals surface area contributed by atoms with Gasteiger partial charge in [0, 0.05) is 24.5 Å². The number of halogens is 1. The van der Waals surface area contributed by atoms with Crippen LogP contribution in [0.25, 0.3) is 0 Å². The SMILES string of the molecule is Cl.O=C(CC1CCNCC1)Nc1ccc(Cn2cccn2)cc1. The van der Waals surface area contributed by atoms with Crippen LogP contribution in [0.4, 0.5) is 5.69 Å². The van der Waals surface area contributed by atoms with E-state index in [1.807, 2.05) is 41.2 Å². The lowest BCUT2D eigenvalue weighted by molar-refractivity contribution is -0.117. The lowest BCUT2D eigenvalue weighted by atomic mass is 9.94. The third kappa shape index (κ3) is 5.37. The van der Waals surface area contributed by atoms with E-state index in [1.54, 1.807) is 6.20 Å². The summed E-state index contributed by atoms with van der Waals surface area (Å²) in [5.74, 6) is 0.632. The van der Waals surface area contributed by atoms with Crippen molar-refractivity contribution < 1.29 is 4.79 Å². The van der Waals surface area contributed by atoms with E-state index in [2.05, 4.69) is 15.7 Å². The van der Waals surface area contributed by atoms with E-state index < -0.39 is 0 Å². The monoisotopic (exact) mass is 334 g/mol. The van der Waals surface area contributed by atoms with Gasteiger partial charge in [-0.2, -0.15) is 5.10 Å². The summed E-state index contributed by atoms with van der Waals surface area (Å²) in [7, 11) is 0. The summed E-state index contributed by atoms with van der Waals surface area (Å²) in [6.45, 7) is 2.80. The molecule has 5 nitrogen and oxygen atoms in total. The van der Waals surface area contributed by atoms with E-state index in [9.17, 15) is 4.79 Å². The van der Waals surface area contributed by atoms with Gasteiger partial charge in [0.05, 0.1) is 6.54 Å². The average molecular weight is 335 g/mol. The van der Waals surface area contributed by atoms with E-state index in [0.717, 1.165) is 38.2 Å². The van der Waals surface area contributed by atoms with Crippen molar-refractivity contribution in [2.24, 2.45) is 5.92 Å². The number of nitrogens with zero attached hydrogens (tertiary/aromatic N) is 2. The Balaban J connectivity index is 0.00000192. The molecule has 0 bridgehead atoms. The highest BCUT2D eigenvalue weighted by Gasteiger charge is 2.16. The molecule has 2 N–H and O–H groups in total. The Hall–Kier alpha value is -1.85. The number of aromatic nitrogens is 2. The fourth-order valence-corrected chi connectivity index (χ4v) is 2.83. The molecule has 1 aromatic heterocycles. The lowest BCUT2D eigenvalue weighted by Crippen LogP contribution is -2.30. The van der Waals surface area contributed by atoms with Crippen LogP contribution in [-0.4, -0.2) is 28.8 Å². The minimum atomic E-state index is 0. The van der Waals surface area contributed by atoms with Gasteiger partial charge in [0.25, 0.3) is 0 Å². The Morgan fingerprint density at radius 3 is 2.65 bits per heavy atom.